The predicted molar refractivity (Wildman–Crippen MR) is 118 cm³/mol. The van der Waals surface area contributed by atoms with Crippen molar-refractivity contribution in [1.82, 2.24) is 14.9 Å². The van der Waals surface area contributed by atoms with Crippen LogP contribution < -0.4 is 9.47 Å². The average molecular weight is 411 g/mol. The van der Waals surface area contributed by atoms with Crippen LogP contribution in [0.5, 0.6) is 11.5 Å². The van der Waals surface area contributed by atoms with Gasteiger partial charge in [0.1, 0.15) is 6.61 Å². The van der Waals surface area contributed by atoms with Crippen molar-refractivity contribution in [2.24, 2.45) is 5.10 Å². The maximum absolute atomic E-state index is 6.07. The van der Waals surface area contributed by atoms with Gasteiger partial charge in [-0.1, -0.05) is 24.6 Å². The molecule has 1 N–H and O–H groups in total. The van der Waals surface area contributed by atoms with Gasteiger partial charge in [-0.25, -0.2) is 0 Å². The zero-order valence-electron chi connectivity index (χ0n) is 17.4. The Kier molecular flexibility index (Phi) is 6.49. The highest BCUT2D eigenvalue weighted by Crippen LogP contribution is 2.29. The van der Waals surface area contributed by atoms with Gasteiger partial charge in [-0.15, -0.1) is 0 Å². The van der Waals surface area contributed by atoms with Crippen molar-refractivity contribution >= 4 is 18.4 Å². The first kappa shape index (κ1) is 20.8. The van der Waals surface area contributed by atoms with Crippen LogP contribution in [0.15, 0.2) is 35.4 Å². The van der Waals surface area contributed by atoms with Crippen molar-refractivity contribution in [3.8, 4) is 11.5 Å². The molecule has 0 radical (unpaired) electrons. The summed E-state index contributed by atoms with van der Waals surface area (Å²) in [5, 5.41) is 11.3. The second-order valence-corrected chi connectivity index (χ2v) is 7.32. The Balaban J connectivity index is 1.80. The first-order chi connectivity index (χ1) is 13.9. The molecule has 0 bridgehead atoms. The van der Waals surface area contributed by atoms with Crippen molar-refractivity contribution in [3.05, 3.63) is 68.7 Å². The van der Waals surface area contributed by atoms with E-state index in [2.05, 4.69) is 48.2 Å². The predicted octanol–water partition coefficient (Wildman–Crippen LogP) is 4.90. The number of nitrogens with zero attached hydrogens (tertiary/aromatic N) is 3. The molecule has 1 aromatic heterocycles. The molecule has 0 unspecified atom stereocenters. The molecule has 0 amide bonds. The van der Waals surface area contributed by atoms with Crippen molar-refractivity contribution in [2.75, 3.05) is 7.11 Å². The van der Waals surface area contributed by atoms with E-state index in [1.54, 1.807) is 18.0 Å². The van der Waals surface area contributed by atoms with E-state index < -0.39 is 0 Å². The third kappa shape index (κ3) is 4.74. The molecule has 3 rings (SSSR count). The zero-order chi connectivity index (χ0) is 21.0. The molecule has 3 aromatic rings. The quantitative estimate of drug-likeness (QED) is 0.445. The first-order valence-electron chi connectivity index (χ1n) is 9.51. The number of aryl methyl sites for hydroxylation is 4. The second-order valence-electron chi connectivity index (χ2n) is 6.93. The molecule has 0 aliphatic carbocycles. The van der Waals surface area contributed by atoms with E-state index in [0.29, 0.717) is 22.9 Å². The van der Waals surface area contributed by atoms with Gasteiger partial charge in [-0.3, -0.25) is 5.10 Å². The molecule has 0 spiro atoms. The summed E-state index contributed by atoms with van der Waals surface area (Å²) >= 11 is 5.22. The molecule has 0 fully saturated rings. The van der Waals surface area contributed by atoms with Crippen LogP contribution >= 0.6 is 12.2 Å². The van der Waals surface area contributed by atoms with E-state index in [-0.39, 0.29) is 0 Å². The average Bonchev–Trinajstić information content (AvgIpc) is 3.05. The Hall–Kier alpha value is -2.93. The summed E-state index contributed by atoms with van der Waals surface area (Å²) in [6.07, 6.45) is 2.46. The number of aromatic nitrogens is 3. The molecule has 0 saturated heterocycles. The fourth-order valence-corrected chi connectivity index (χ4v) is 3.47. The molecule has 7 heteroatoms. The van der Waals surface area contributed by atoms with Crippen LogP contribution in [-0.4, -0.2) is 28.2 Å². The van der Waals surface area contributed by atoms with Crippen LogP contribution in [0.4, 0.5) is 0 Å². The van der Waals surface area contributed by atoms with Crippen molar-refractivity contribution < 1.29 is 9.47 Å². The summed E-state index contributed by atoms with van der Waals surface area (Å²) in [7, 11) is 1.63. The summed E-state index contributed by atoms with van der Waals surface area (Å²) < 4.78 is 13.7. The number of benzene rings is 2. The normalized spacial score (nSPS) is 11.2. The highest BCUT2D eigenvalue weighted by Gasteiger charge is 2.09. The minimum Gasteiger partial charge on any atom is -0.493 e. The number of methoxy groups -OCH3 is 1. The zero-order valence-corrected chi connectivity index (χ0v) is 18.3. The molecular weight excluding hydrogens is 384 g/mol. The van der Waals surface area contributed by atoms with Gasteiger partial charge < -0.3 is 9.47 Å². The van der Waals surface area contributed by atoms with E-state index in [0.717, 1.165) is 17.8 Å². The van der Waals surface area contributed by atoms with Gasteiger partial charge in [0.2, 0.25) is 4.77 Å². The topological polar surface area (TPSA) is 64.4 Å². The maximum Gasteiger partial charge on any atom is 0.216 e. The smallest absolute Gasteiger partial charge is 0.216 e. The third-order valence-corrected chi connectivity index (χ3v) is 5.02. The lowest BCUT2D eigenvalue weighted by atomic mass is 10.0. The Labute approximate surface area is 176 Å². The van der Waals surface area contributed by atoms with Crippen molar-refractivity contribution in [2.45, 2.75) is 40.7 Å². The van der Waals surface area contributed by atoms with Crippen LogP contribution in [-0.2, 0) is 13.0 Å². The van der Waals surface area contributed by atoms with Crippen LogP contribution in [0.25, 0.3) is 0 Å². The summed E-state index contributed by atoms with van der Waals surface area (Å²) in [5.41, 5.74) is 5.79. The molecule has 6 nitrogen and oxygen atoms in total. The number of ether oxygens (including phenoxy) is 2. The van der Waals surface area contributed by atoms with Crippen LogP contribution in [0.2, 0.25) is 0 Å². The number of H-pyrrole nitrogens is 1. The van der Waals surface area contributed by atoms with Crippen LogP contribution in [0.1, 0.15) is 40.6 Å². The van der Waals surface area contributed by atoms with Gasteiger partial charge in [0, 0.05) is 6.42 Å². The Morgan fingerprint density at radius 1 is 1.14 bits per heavy atom. The Morgan fingerprint density at radius 2 is 1.86 bits per heavy atom. The van der Waals surface area contributed by atoms with Gasteiger partial charge in [-0.05, 0) is 73.4 Å². The Morgan fingerprint density at radius 3 is 2.52 bits per heavy atom. The second kappa shape index (κ2) is 9.05. The lowest BCUT2D eigenvalue weighted by Gasteiger charge is -2.15. The molecule has 0 aliphatic heterocycles. The highest BCUT2D eigenvalue weighted by molar-refractivity contribution is 7.71. The van der Waals surface area contributed by atoms with Gasteiger partial charge in [0.15, 0.2) is 17.3 Å². The van der Waals surface area contributed by atoms with Crippen molar-refractivity contribution in [3.63, 3.8) is 0 Å². The third-order valence-electron chi connectivity index (χ3n) is 4.76. The number of hydrogen-bond donors (Lipinski definition) is 1. The number of hydrogen-bond acceptors (Lipinski definition) is 5. The highest BCUT2D eigenvalue weighted by atomic mass is 32.1. The van der Waals surface area contributed by atoms with E-state index in [1.165, 1.54) is 22.3 Å². The van der Waals surface area contributed by atoms with Gasteiger partial charge >= 0.3 is 0 Å². The molecule has 29 heavy (non-hydrogen) atoms. The first-order valence-corrected chi connectivity index (χ1v) is 9.92. The molecule has 0 atom stereocenters. The SMILES string of the molecule is CCc1n[nH]c(=S)n1N=Cc1ccc(OCc2c(C)cc(C)cc2C)c(OC)c1. The molecule has 0 saturated carbocycles. The number of aromatic amines is 1. The van der Waals surface area contributed by atoms with E-state index >= 15 is 0 Å². The molecule has 2 aromatic carbocycles. The monoisotopic (exact) mass is 410 g/mol. The van der Waals surface area contributed by atoms with Gasteiger partial charge in [0.25, 0.3) is 0 Å². The van der Waals surface area contributed by atoms with Crippen molar-refractivity contribution in [1.29, 1.82) is 0 Å². The number of rotatable bonds is 7. The number of nitrogens with one attached hydrogen (secondary N) is 1. The van der Waals surface area contributed by atoms with E-state index in [4.69, 9.17) is 21.7 Å². The molecular formula is C22H26N4O2S. The van der Waals surface area contributed by atoms with Gasteiger partial charge in [-0.2, -0.15) is 14.9 Å². The fourth-order valence-electron chi connectivity index (χ4n) is 3.27. The minimum atomic E-state index is 0.467. The lowest BCUT2D eigenvalue weighted by Crippen LogP contribution is -2.03. The largest absolute Gasteiger partial charge is 0.493 e. The van der Waals surface area contributed by atoms with E-state index in [9.17, 15) is 0 Å². The summed E-state index contributed by atoms with van der Waals surface area (Å²) in [6.45, 7) is 8.82. The molecule has 1 heterocycles. The van der Waals surface area contributed by atoms with Crippen LogP contribution in [0, 0.1) is 25.5 Å². The maximum atomic E-state index is 6.07. The minimum absolute atomic E-state index is 0.467. The summed E-state index contributed by atoms with van der Waals surface area (Å²) in [5.74, 6) is 2.13. The standard InChI is InChI=1S/C22H26N4O2S/c1-6-21-24-25-22(29)26(21)23-12-17-7-8-19(20(11-17)27-5)28-13-18-15(3)9-14(2)10-16(18)4/h7-12H,6,13H2,1-5H3,(H,25,29). The van der Waals surface area contributed by atoms with Crippen LogP contribution in [0.3, 0.4) is 0 Å². The molecule has 0 aliphatic rings. The summed E-state index contributed by atoms with van der Waals surface area (Å²) in [4.78, 5) is 0. The lowest BCUT2D eigenvalue weighted by molar-refractivity contribution is 0.283. The Bertz CT molecular complexity index is 1080. The summed E-state index contributed by atoms with van der Waals surface area (Å²) in [6, 6.07) is 10.1. The van der Waals surface area contributed by atoms with E-state index in [1.807, 2.05) is 25.1 Å². The fraction of sp³-hybridized carbons (Fsp3) is 0.318. The van der Waals surface area contributed by atoms with Gasteiger partial charge in [0.05, 0.1) is 13.3 Å². The molecule has 152 valence electrons.